The summed E-state index contributed by atoms with van der Waals surface area (Å²) in [7, 11) is 0. The van der Waals surface area contributed by atoms with Gasteiger partial charge in [0.15, 0.2) is 0 Å². The molecular formula is C18H15N3O3. The van der Waals surface area contributed by atoms with Gasteiger partial charge in [-0.1, -0.05) is 24.3 Å². The van der Waals surface area contributed by atoms with Gasteiger partial charge in [-0.3, -0.25) is 4.79 Å². The number of amides is 3. The maximum atomic E-state index is 12.0. The fourth-order valence-electron chi connectivity index (χ4n) is 2.24. The molecule has 24 heavy (non-hydrogen) atoms. The average Bonchev–Trinajstić information content (AvgIpc) is 2.95. The van der Waals surface area contributed by atoms with Crippen molar-refractivity contribution in [1.29, 1.82) is 0 Å². The second-order valence-corrected chi connectivity index (χ2v) is 5.08. The van der Waals surface area contributed by atoms with Crippen molar-refractivity contribution < 1.29 is 14.0 Å². The van der Waals surface area contributed by atoms with Crippen molar-refractivity contribution in [3.05, 3.63) is 66.4 Å². The summed E-state index contributed by atoms with van der Waals surface area (Å²) in [6.07, 6.45) is 2.98. The molecule has 0 spiro atoms. The van der Waals surface area contributed by atoms with Gasteiger partial charge in [0, 0.05) is 22.8 Å². The zero-order valence-electron chi connectivity index (χ0n) is 12.7. The summed E-state index contributed by atoms with van der Waals surface area (Å²) in [5.74, 6) is 0.280. The second kappa shape index (κ2) is 6.70. The number of nitrogens with two attached hydrogens (primary N) is 1. The third-order valence-corrected chi connectivity index (χ3v) is 3.24. The molecule has 0 radical (unpaired) electrons. The Morgan fingerprint density at radius 1 is 0.958 bits per heavy atom. The molecule has 3 aromatic rings. The molecule has 4 N–H and O–H groups in total. The van der Waals surface area contributed by atoms with Crippen LogP contribution in [-0.4, -0.2) is 11.9 Å². The highest BCUT2D eigenvalue weighted by molar-refractivity contribution is 6.02. The van der Waals surface area contributed by atoms with E-state index in [1.807, 2.05) is 30.3 Å². The van der Waals surface area contributed by atoms with Crippen molar-refractivity contribution in [1.82, 2.24) is 0 Å². The maximum Gasteiger partial charge on any atom is 0.316 e. The van der Waals surface area contributed by atoms with Gasteiger partial charge in [0.1, 0.15) is 11.3 Å². The van der Waals surface area contributed by atoms with Crippen molar-refractivity contribution in [3.63, 3.8) is 0 Å². The average molecular weight is 321 g/mol. The van der Waals surface area contributed by atoms with Gasteiger partial charge in [-0.05, 0) is 36.4 Å². The molecule has 0 unspecified atom stereocenters. The van der Waals surface area contributed by atoms with Crippen LogP contribution in [0, 0.1) is 0 Å². The van der Waals surface area contributed by atoms with Gasteiger partial charge in [0.05, 0.1) is 0 Å². The minimum absolute atomic E-state index is 0.313. The van der Waals surface area contributed by atoms with Crippen LogP contribution >= 0.6 is 0 Å². The minimum atomic E-state index is -0.664. The Bertz CT molecular complexity index is 895. The molecule has 0 aliphatic carbocycles. The van der Waals surface area contributed by atoms with E-state index in [4.69, 9.17) is 10.2 Å². The third-order valence-electron chi connectivity index (χ3n) is 3.24. The van der Waals surface area contributed by atoms with E-state index < -0.39 is 6.03 Å². The van der Waals surface area contributed by atoms with Crippen LogP contribution in [-0.2, 0) is 4.79 Å². The molecule has 0 aliphatic heterocycles. The van der Waals surface area contributed by atoms with E-state index in [1.165, 1.54) is 6.08 Å². The summed E-state index contributed by atoms with van der Waals surface area (Å²) in [4.78, 5) is 22.8. The van der Waals surface area contributed by atoms with Crippen molar-refractivity contribution in [2.75, 3.05) is 10.6 Å². The normalized spacial score (nSPS) is 10.8. The first-order valence-electron chi connectivity index (χ1n) is 7.24. The lowest BCUT2D eigenvalue weighted by atomic mass is 10.2. The first-order valence-corrected chi connectivity index (χ1v) is 7.24. The van der Waals surface area contributed by atoms with Gasteiger partial charge in [-0.15, -0.1) is 0 Å². The highest BCUT2D eigenvalue weighted by atomic mass is 16.3. The number of furan rings is 1. The lowest BCUT2D eigenvalue weighted by Crippen LogP contribution is -2.19. The molecular weight excluding hydrogens is 306 g/mol. The Labute approximate surface area is 137 Å². The Morgan fingerprint density at radius 3 is 2.46 bits per heavy atom. The summed E-state index contributed by atoms with van der Waals surface area (Å²) in [5.41, 5.74) is 6.87. The Kier molecular flexibility index (Phi) is 4.29. The minimum Gasteiger partial charge on any atom is -0.457 e. The molecule has 0 fully saturated rings. The molecule has 1 heterocycles. The molecule has 6 nitrogen and oxygen atoms in total. The quantitative estimate of drug-likeness (QED) is 0.641. The van der Waals surface area contributed by atoms with Gasteiger partial charge >= 0.3 is 6.03 Å². The first-order chi connectivity index (χ1) is 11.6. The molecule has 6 heteroatoms. The lowest BCUT2D eigenvalue weighted by molar-refractivity contribution is -0.111. The van der Waals surface area contributed by atoms with Crippen molar-refractivity contribution in [2.45, 2.75) is 0 Å². The smallest absolute Gasteiger partial charge is 0.316 e. The zero-order valence-corrected chi connectivity index (χ0v) is 12.7. The summed E-state index contributed by atoms with van der Waals surface area (Å²) in [6, 6.07) is 15.5. The van der Waals surface area contributed by atoms with Crippen LogP contribution in [0.15, 0.2) is 65.1 Å². The number of nitrogens with one attached hydrogen (secondary N) is 2. The van der Waals surface area contributed by atoms with Crippen LogP contribution in [0.1, 0.15) is 5.76 Å². The number of urea groups is 1. The topological polar surface area (TPSA) is 97.4 Å². The largest absolute Gasteiger partial charge is 0.457 e. The van der Waals surface area contributed by atoms with Gasteiger partial charge < -0.3 is 20.8 Å². The molecule has 0 saturated heterocycles. The summed E-state index contributed by atoms with van der Waals surface area (Å²) in [5, 5.41) is 6.12. The van der Waals surface area contributed by atoms with E-state index in [0.717, 1.165) is 11.0 Å². The molecule has 0 atom stereocenters. The number of carbonyl (C=O) groups is 2. The molecule has 0 saturated carbocycles. The predicted octanol–water partition coefficient (Wildman–Crippen LogP) is 3.58. The van der Waals surface area contributed by atoms with Crippen LogP contribution in [0.25, 0.3) is 17.0 Å². The maximum absolute atomic E-state index is 12.0. The number of hydrogen-bond acceptors (Lipinski definition) is 3. The van der Waals surface area contributed by atoms with E-state index in [0.29, 0.717) is 17.1 Å². The Hall–Kier alpha value is -3.54. The SMILES string of the molecule is NC(=O)Nc1cccc(NC(=O)/C=C/c2cc3ccccc3o2)c1. The van der Waals surface area contributed by atoms with Crippen LogP contribution < -0.4 is 16.4 Å². The van der Waals surface area contributed by atoms with E-state index in [1.54, 1.807) is 30.3 Å². The Balaban J connectivity index is 1.67. The van der Waals surface area contributed by atoms with Crippen molar-refractivity contribution >= 4 is 40.4 Å². The summed E-state index contributed by atoms with van der Waals surface area (Å²) < 4.78 is 5.60. The fraction of sp³-hybridized carbons (Fsp3) is 0. The molecule has 3 amide bonds. The first kappa shape index (κ1) is 15.4. The number of anilines is 2. The highest BCUT2D eigenvalue weighted by Crippen LogP contribution is 2.20. The van der Waals surface area contributed by atoms with E-state index >= 15 is 0 Å². The van der Waals surface area contributed by atoms with Gasteiger partial charge in [0.25, 0.3) is 0 Å². The molecule has 120 valence electrons. The lowest BCUT2D eigenvalue weighted by Gasteiger charge is -2.05. The Morgan fingerprint density at radius 2 is 1.71 bits per heavy atom. The monoisotopic (exact) mass is 321 g/mol. The van der Waals surface area contributed by atoms with Gasteiger partial charge in [-0.25, -0.2) is 4.79 Å². The summed E-state index contributed by atoms with van der Waals surface area (Å²) >= 11 is 0. The third kappa shape index (κ3) is 3.80. The molecule has 0 aliphatic rings. The second-order valence-electron chi connectivity index (χ2n) is 5.08. The van der Waals surface area contributed by atoms with Crippen molar-refractivity contribution in [2.24, 2.45) is 5.73 Å². The zero-order chi connectivity index (χ0) is 16.9. The molecule has 3 rings (SSSR count). The van der Waals surface area contributed by atoms with E-state index in [-0.39, 0.29) is 5.91 Å². The van der Waals surface area contributed by atoms with Crippen LogP contribution in [0.4, 0.5) is 16.2 Å². The van der Waals surface area contributed by atoms with Gasteiger partial charge in [0.2, 0.25) is 5.91 Å². The number of carbonyl (C=O) groups excluding carboxylic acids is 2. The van der Waals surface area contributed by atoms with Crippen LogP contribution in [0.2, 0.25) is 0 Å². The number of para-hydroxylation sites is 1. The van der Waals surface area contributed by atoms with E-state index in [9.17, 15) is 9.59 Å². The number of primary amides is 1. The molecule has 0 bridgehead atoms. The van der Waals surface area contributed by atoms with Crippen molar-refractivity contribution in [3.8, 4) is 0 Å². The fourth-order valence-corrected chi connectivity index (χ4v) is 2.24. The number of fused-ring (bicyclic) bond motifs is 1. The number of rotatable bonds is 4. The molecule has 2 aromatic carbocycles. The highest BCUT2D eigenvalue weighted by Gasteiger charge is 2.03. The standard InChI is InChI=1S/C18H15N3O3/c19-18(23)21-14-6-3-5-13(11-14)20-17(22)9-8-15-10-12-4-1-2-7-16(12)24-15/h1-11H,(H,20,22)(H3,19,21,23)/b9-8+. The summed E-state index contributed by atoms with van der Waals surface area (Å²) in [6.45, 7) is 0. The predicted molar refractivity (Wildman–Crippen MR) is 93.5 cm³/mol. The number of benzene rings is 2. The van der Waals surface area contributed by atoms with Gasteiger partial charge in [-0.2, -0.15) is 0 Å². The molecule has 1 aromatic heterocycles. The van der Waals surface area contributed by atoms with Crippen LogP contribution in [0.5, 0.6) is 0 Å². The van der Waals surface area contributed by atoms with Crippen LogP contribution in [0.3, 0.4) is 0 Å². The number of hydrogen-bond donors (Lipinski definition) is 3. The van der Waals surface area contributed by atoms with E-state index in [2.05, 4.69) is 10.6 Å².